The van der Waals surface area contributed by atoms with Gasteiger partial charge in [-0.3, -0.25) is 0 Å². The summed E-state index contributed by atoms with van der Waals surface area (Å²) < 4.78 is 0. The van der Waals surface area contributed by atoms with Gasteiger partial charge >= 0.3 is 0 Å². The van der Waals surface area contributed by atoms with Gasteiger partial charge in [0.15, 0.2) is 0 Å². The molecule has 0 saturated heterocycles. The monoisotopic (exact) mass is 142 g/mol. The van der Waals surface area contributed by atoms with Crippen molar-refractivity contribution in [1.29, 1.82) is 0 Å². The van der Waals surface area contributed by atoms with Crippen molar-refractivity contribution in [3.8, 4) is 0 Å². The van der Waals surface area contributed by atoms with E-state index in [0.717, 1.165) is 18.6 Å². The molecule has 0 aliphatic rings. The molecule has 0 N–H and O–H groups in total. The third-order valence-corrected chi connectivity index (χ3v) is 2.00. The van der Waals surface area contributed by atoms with E-state index in [1.165, 1.54) is 12.8 Å². The SMILES string of the molecule is CC[C@H](C)C[C@@H](C)CC=O. The summed E-state index contributed by atoms with van der Waals surface area (Å²) in [6.45, 7) is 6.57. The van der Waals surface area contributed by atoms with Crippen LogP contribution in [0.15, 0.2) is 0 Å². The summed E-state index contributed by atoms with van der Waals surface area (Å²) in [5.74, 6) is 1.35. The molecule has 0 aliphatic carbocycles. The minimum atomic E-state index is 0.576. The molecule has 0 saturated carbocycles. The third-order valence-electron chi connectivity index (χ3n) is 2.00. The van der Waals surface area contributed by atoms with Crippen molar-refractivity contribution in [2.45, 2.75) is 40.0 Å². The van der Waals surface area contributed by atoms with Gasteiger partial charge in [0.25, 0.3) is 0 Å². The zero-order chi connectivity index (χ0) is 7.98. The molecular weight excluding hydrogens is 124 g/mol. The van der Waals surface area contributed by atoms with Gasteiger partial charge in [-0.25, -0.2) is 0 Å². The van der Waals surface area contributed by atoms with Gasteiger partial charge in [-0.05, 0) is 18.3 Å². The lowest BCUT2D eigenvalue weighted by molar-refractivity contribution is -0.108. The molecule has 2 atom stereocenters. The Morgan fingerprint density at radius 2 is 1.90 bits per heavy atom. The van der Waals surface area contributed by atoms with E-state index in [0.29, 0.717) is 5.92 Å². The van der Waals surface area contributed by atoms with E-state index in [2.05, 4.69) is 20.8 Å². The number of hydrogen-bond donors (Lipinski definition) is 0. The molecule has 0 bridgehead atoms. The molecule has 1 nitrogen and oxygen atoms in total. The second-order valence-electron chi connectivity index (χ2n) is 3.26. The zero-order valence-electron chi connectivity index (χ0n) is 7.26. The van der Waals surface area contributed by atoms with Crippen LogP contribution in [0, 0.1) is 11.8 Å². The summed E-state index contributed by atoms with van der Waals surface area (Å²) >= 11 is 0. The Hall–Kier alpha value is -0.330. The molecule has 0 spiro atoms. The quantitative estimate of drug-likeness (QED) is 0.539. The lowest BCUT2D eigenvalue weighted by atomic mass is 9.94. The fraction of sp³-hybridized carbons (Fsp3) is 0.889. The smallest absolute Gasteiger partial charge is 0.120 e. The van der Waals surface area contributed by atoms with Crippen molar-refractivity contribution in [1.82, 2.24) is 0 Å². The molecule has 60 valence electrons. The average molecular weight is 142 g/mol. The van der Waals surface area contributed by atoms with Crippen molar-refractivity contribution in [2.24, 2.45) is 11.8 Å². The highest BCUT2D eigenvalue weighted by molar-refractivity contribution is 5.49. The standard InChI is InChI=1S/C9H18O/c1-4-8(2)7-9(3)5-6-10/h6,8-9H,4-5,7H2,1-3H3/t8-,9-/m0/s1. The highest BCUT2D eigenvalue weighted by Gasteiger charge is 2.05. The van der Waals surface area contributed by atoms with Crippen LogP contribution < -0.4 is 0 Å². The molecule has 0 rings (SSSR count). The Bertz CT molecular complexity index is 88.7. The lowest BCUT2D eigenvalue weighted by Gasteiger charge is -2.12. The van der Waals surface area contributed by atoms with Gasteiger partial charge in [-0.1, -0.05) is 27.2 Å². The number of hydrogen-bond acceptors (Lipinski definition) is 1. The summed E-state index contributed by atoms with van der Waals surface area (Å²) in [6, 6.07) is 0. The second kappa shape index (κ2) is 5.45. The Morgan fingerprint density at radius 3 is 2.30 bits per heavy atom. The van der Waals surface area contributed by atoms with E-state index in [1.807, 2.05) is 0 Å². The van der Waals surface area contributed by atoms with Crippen molar-refractivity contribution in [3.05, 3.63) is 0 Å². The minimum Gasteiger partial charge on any atom is -0.303 e. The van der Waals surface area contributed by atoms with Crippen molar-refractivity contribution in [3.63, 3.8) is 0 Å². The fourth-order valence-electron chi connectivity index (χ4n) is 1.11. The maximum absolute atomic E-state index is 10.1. The molecule has 0 radical (unpaired) electrons. The van der Waals surface area contributed by atoms with E-state index in [9.17, 15) is 4.79 Å². The predicted octanol–water partition coefficient (Wildman–Crippen LogP) is 2.65. The first kappa shape index (κ1) is 9.67. The Labute approximate surface area is 63.8 Å². The number of aldehydes is 1. The first-order chi connectivity index (χ1) is 4.70. The lowest BCUT2D eigenvalue weighted by Crippen LogP contribution is -2.02. The highest BCUT2D eigenvalue weighted by Crippen LogP contribution is 2.15. The summed E-state index contributed by atoms with van der Waals surface area (Å²) in [5, 5.41) is 0. The Morgan fingerprint density at radius 1 is 1.30 bits per heavy atom. The fourth-order valence-corrected chi connectivity index (χ4v) is 1.11. The molecule has 10 heavy (non-hydrogen) atoms. The van der Waals surface area contributed by atoms with E-state index in [-0.39, 0.29) is 0 Å². The van der Waals surface area contributed by atoms with Gasteiger partial charge < -0.3 is 4.79 Å². The topological polar surface area (TPSA) is 17.1 Å². The van der Waals surface area contributed by atoms with Crippen LogP contribution in [-0.4, -0.2) is 6.29 Å². The van der Waals surface area contributed by atoms with Crippen molar-refractivity contribution < 1.29 is 4.79 Å². The molecule has 0 fully saturated rings. The Kier molecular flexibility index (Phi) is 5.27. The zero-order valence-corrected chi connectivity index (χ0v) is 7.26. The van der Waals surface area contributed by atoms with Crippen LogP contribution in [0.3, 0.4) is 0 Å². The van der Waals surface area contributed by atoms with Gasteiger partial charge in [0.1, 0.15) is 6.29 Å². The first-order valence-corrected chi connectivity index (χ1v) is 4.14. The van der Waals surface area contributed by atoms with Crippen LogP contribution in [-0.2, 0) is 4.79 Å². The van der Waals surface area contributed by atoms with Gasteiger partial charge in [0, 0.05) is 6.42 Å². The van der Waals surface area contributed by atoms with Gasteiger partial charge in [-0.2, -0.15) is 0 Å². The second-order valence-corrected chi connectivity index (χ2v) is 3.26. The molecule has 0 amide bonds. The summed E-state index contributed by atoms with van der Waals surface area (Å²) in [6.07, 6.45) is 4.16. The normalized spacial score (nSPS) is 16.3. The summed E-state index contributed by atoms with van der Waals surface area (Å²) in [4.78, 5) is 10.1. The molecule has 0 aliphatic heterocycles. The predicted molar refractivity (Wildman–Crippen MR) is 43.9 cm³/mol. The maximum atomic E-state index is 10.1. The van der Waals surface area contributed by atoms with Gasteiger partial charge in [0.05, 0.1) is 0 Å². The maximum Gasteiger partial charge on any atom is 0.120 e. The van der Waals surface area contributed by atoms with Crippen LogP contribution in [0.4, 0.5) is 0 Å². The van der Waals surface area contributed by atoms with Crippen molar-refractivity contribution in [2.75, 3.05) is 0 Å². The average Bonchev–Trinajstić information content (AvgIpc) is 1.88. The van der Waals surface area contributed by atoms with Crippen molar-refractivity contribution >= 4 is 6.29 Å². The first-order valence-electron chi connectivity index (χ1n) is 4.14. The summed E-state index contributed by atoms with van der Waals surface area (Å²) in [5.41, 5.74) is 0. The van der Waals surface area contributed by atoms with Gasteiger partial charge in [-0.15, -0.1) is 0 Å². The molecule has 0 aromatic carbocycles. The molecule has 0 aromatic rings. The van der Waals surface area contributed by atoms with Crippen LogP contribution in [0.25, 0.3) is 0 Å². The van der Waals surface area contributed by atoms with E-state index in [4.69, 9.17) is 0 Å². The van der Waals surface area contributed by atoms with E-state index >= 15 is 0 Å². The molecule has 0 aromatic heterocycles. The van der Waals surface area contributed by atoms with Crippen LogP contribution in [0.2, 0.25) is 0 Å². The van der Waals surface area contributed by atoms with Crippen LogP contribution in [0.1, 0.15) is 40.0 Å². The van der Waals surface area contributed by atoms with E-state index in [1.54, 1.807) is 0 Å². The Balaban J connectivity index is 3.35. The molecule has 1 heteroatoms. The molecular formula is C9H18O. The van der Waals surface area contributed by atoms with Gasteiger partial charge in [0.2, 0.25) is 0 Å². The number of carbonyl (C=O) groups excluding carboxylic acids is 1. The number of rotatable bonds is 5. The minimum absolute atomic E-state index is 0.576. The highest BCUT2D eigenvalue weighted by atomic mass is 16.1. The van der Waals surface area contributed by atoms with E-state index < -0.39 is 0 Å². The molecule has 0 heterocycles. The molecule has 0 unspecified atom stereocenters. The summed E-state index contributed by atoms with van der Waals surface area (Å²) in [7, 11) is 0. The largest absolute Gasteiger partial charge is 0.303 e. The van der Waals surface area contributed by atoms with Crippen LogP contribution >= 0.6 is 0 Å². The van der Waals surface area contributed by atoms with Crippen LogP contribution in [0.5, 0.6) is 0 Å². The number of carbonyl (C=O) groups is 1. The third kappa shape index (κ3) is 4.54.